The summed E-state index contributed by atoms with van der Waals surface area (Å²) in [7, 11) is -3.39. The highest BCUT2D eigenvalue weighted by atomic mass is 32.2. The van der Waals surface area contributed by atoms with Gasteiger partial charge in [0, 0.05) is 13.1 Å². The molecule has 2 aliphatic heterocycles. The van der Waals surface area contributed by atoms with Gasteiger partial charge in [0.25, 0.3) is 5.91 Å². The minimum Gasteiger partial charge on any atom is -0.452 e. The second-order valence-electron chi connectivity index (χ2n) is 7.36. The fourth-order valence-electron chi connectivity index (χ4n) is 3.85. The smallest absolute Gasteiger partial charge is 0.338 e. The summed E-state index contributed by atoms with van der Waals surface area (Å²) in [6.45, 7) is 0.334. The second-order valence-corrected chi connectivity index (χ2v) is 9.27. The van der Waals surface area contributed by atoms with Gasteiger partial charge in [-0.3, -0.25) is 13.9 Å². The van der Waals surface area contributed by atoms with Gasteiger partial charge in [-0.25, -0.2) is 13.2 Å². The molecule has 10 heteroatoms. The molecule has 158 valence electrons. The quantitative estimate of drug-likeness (QED) is 0.684. The molecule has 1 atom stereocenters. The van der Waals surface area contributed by atoms with Gasteiger partial charge < -0.3 is 15.4 Å². The molecule has 0 aliphatic carbocycles. The Morgan fingerprint density at radius 1 is 1.17 bits per heavy atom. The van der Waals surface area contributed by atoms with Crippen LogP contribution in [0.3, 0.4) is 0 Å². The summed E-state index contributed by atoms with van der Waals surface area (Å²) in [4.78, 5) is 37.7. The first kappa shape index (κ1) is 21.1. The van der Waals surface area contributed by atoms with E-state index in [1.165, 1.54) is 15.3 Å². The summed E-state index contributed by atoms with van der Waals surface area (Å²) in [5.74, 6) is -1.69. The predicted octanol–water partition coefficient (Wildman–Crippen LogP) is 0.422. The van der Waals surface area contributed by atoms with Crippen LogP contribution in [0.2, 0.25) is 0 Å². The van der Waals surface area contributed by atoms with E-state index in [4.69, 9.17) is 10.5 Å². The zero-order valence-corrected chi connectivity index (χ0v) is 17.1. The maximum absolute atomic E-state index is 12.4. The SMILES string of the molecule is CS(=O)(=O)N1CCCc2cc(C(=O)OCC(=O)N3CCCC[C@H]3C(N)=O)ccc21. The fraction of sp³-hybridized carbons (Fsp3) is 0.526. The van der Waals surface area contributed by atoms with Crippen LogP contribution in [0.4, 0.5) is 5.69 Å². The Morgan fingerprint density at radius 3 is 2.62 bits per heavy atom. The number of ether oxygens (including phenoxy) is 1. The van der Waals surface area contributed by atoms with Crippen LogP contribution in [0.1, 0.15) is 41.6 Å². The third kappa shape index (κ3) is 4.69. The van der Waals surface area contributed by atoms with Crippen molar-refractivity contribution in [3.8, 4) is 0 Å². The molecule has 1 fully saturated rings. The second kappa shape index (κ2) is 8.40. The Morgan fingerprint density at radius 2 is 1.93 bits per heavy atom. The van der Waals surface area contributed by atoms with Crippen LogP contribution in [0, 0.1) is 0 Å². The molecule has 3 rings (SSSR count). The Balaban J connectivity index is 1.67. The number of primary amides is 1. The van der Waals surface area contributed by atoms with Crippen molar-refractivity contribution >= 4 is 33.5 Å². The van der Waals surface area contributed by atoms with Gasteiger partial charge in [0.2, 0.25) is 15.9 Å². The van der Waals surface area contributed by atoms with Crippen molar-refractivity contribution in [3.63, 3.8) is 0 Å². The van der Waals surface area contributed by atoms with Gasteiger partial charge in [0.15, 0.2) is 6.61 Å². The Labute approximate surface area is 169 Å². The number of anilines is 1. The number of rotatable bonds is 5. The van der Waals surface area contributed by atoms with Gasteiger partial charge in [-0.05, 0) is 55.9 Å². The predicted molar refractivity (Wildman–Crippen MR) is 106 cm³/mol. The number of aryl methyl sites for hydroxylation is 1. The third-order valence-electron chi connectivity index (χ3n) is 5.27. The van der Waals surface area contributed by atoms with Crippen molar-refractivity contribution in [2.24, 2.45) is 5.73 Å². The summed E-state index contributed by atoms with van der Waals surface area (Å²) < 4.78 is 30.3. The molecule has 1 saturated heterocycles. The van der Waals surface area contributed by atoms with E-state index in [0.29, 0.717) is 38.0 Å². The van der Waals surface area contributed by atoms with Crippen molar-refractivity contribution in [2.45, 2.75) is 38.1 Å². The fourth-order valence-corrected chi connectivity index (χ4v) is 4.85. The number of nitrogens with two attached hydrogens (primary N) is 1. The zero-order chi connectivity index (χ0) is 21.2. The molecule has 0 aromatic heterocycles. The van der Waals surface area contributed by atoms with E-state index >= 15 is 0 Å². The van der Waals surface area contributed by atoms with Gasteiger partial charge in [0.05, 0.1) is 17.5 Å². The number of likely N-dealkylation sites (tertiary alicyclic amines) is 1. The van der Waals surface area contributed by atoms with Crippen LogP contribution in [-0.4, -0.2) is 63.1 Å². The molecule has 0 radical (unpaired) electrons. The number of amides is 2. The molecule has 9 nitrogen and oxygen atoms in total. The molecule has 2 N–H and O–H groups in total. The van der Waals surface area contributed by atoms with E-state index in [9.17, 15) is 22.8 Å². The van der Waals surface area contributed by atoms with E-state index in [0.717, 1.165) is 24.7 Å². The summed E-state index contributed by atoms with van der Waals surface area (Å²) in [5.41, 5.74) is 6.91. The summed E-state index contributed by atoms with van der Waals surface area (Å²) >= 11 is 0. The van der Waals surface area contributed by atoms with E-state index in [2.05, 4.69) is 0 Å². The molecule has 1 aromatic rings. The summed E-state index contributed by atoms with van der Waals surface area (Å²) in [6, 6.07) is 4.01. The number of esters is 1. The minimum atomic E-state index is -3.39. The lowest BCUT2D eigenvalue weighted by Gasteiger charge is -2.33. The highest BCUT2D eigenvalue weighted by Gasteiger charge is 2.31. The molecule has 0 saturated carbocycles. The van der Waals surface area contributed by atoms with Crippen molar-refractivity contribution in [1.82, 2.24) is 4.90 Å². The minimum absolute atomic E-state index is 0.247. The average molecular weight is 423 g/mol. The average Bonchev–Trinajstić information content (AvgIpc) is 2.70. The normalized spacial score (nSPS) is 19.4. The number of nitrogens with zero attached hydrogens (tertiary/aromatic N) is 2. The summed E-state index contributed by atoms with van der Waals surface area (Å²) in [5, 5.41) is 0. The first-order chi connectivity index (χ1) is 13.7. The van der Waals surface area contributed by atoms with Crippen LogP contribution >= 0.6 is 0 Å². The van der Waals surface area contributed by atoms with E-state index in [1.54, 1.807) is 12.1 Å². The maximum Gasteiger partial charge on any atom is 0.338 e. The Bertz CT molecular complexity index is 930. The topological polar surface area (TPSA) is 127 Å². The first-order valence-corrected chi connectivity index (χ1v) is 11.4. The lowest BCUT2D eigenvalue weighted by atomic mass is 10.0. The highest BCUT2D eigenvalue weighted by Crippen LogP contribution is 2.30. The zero-order valence-electron chi connectivity index (χ0n) is 16.3. The number of carbonyl (C=O) groups excluding carboxylic acids is 3. The van der Waals surface area contributed by atoms with Crippen LogP contribution < -0.4 is 10.0 Å². The number of hydrogen-bond donors (Lipinski definition) is 1. The number of piperidine rings is 1. The lowest BCUT2D eigenvalue weighted by molar-refractivity contribution is -0.143. The van der Waals surface area contributed by atoms with Crippen molar-refractivity contribution in [3.05, 3.63) is 29.3 Å². The van der Waals surface area contributed by atoms with Crippen LogP contribution in [0.15, 0.2) is 18.2 Å². The number of hydrogen-bond acceptors (Lipinski definition) is 6. The molecule has 0 unspecified atom stereocenters. The lowest BCUT2D eigenvalue weighted by Crippen LogP contribution is -2.51. The highest BCUT2D eigenvalue weighted by molar-refractivity contribution is 7.92. The van der Waals surface area contributed by atoms with Crippen molar-refractivity contribution < 1.29 is 27.5 Å². The maximum atomic E-state index is 12.4. The first-order valence-electron chi connectivity index (χ1n) is 9.55. The molecular formula is C19H25N3O6S. The van der Waals surface area contributed by atoms with Gasteiger partial charge in [-0.1, -0.05) is 0 Å². The summed E-state index contributed by atoms with van der Waals surface area (Å²) in [6.07, 6.45) is 4.55. The third-order valence-corrected chi connectivity index (χ3v) is 6.45. The van der Waals surface area contributed by atoms with Crippen molar-refractivity contribution in [2.75, 3.05) is 30.3 Å². The van der Waals surface area contributed by atoms with Crippen LogP contribution in [-0.2, 0) is 30.8 Å². The Kier molecular flexibility index (Phi) is 6.11. The standard InChI is InChI=1S/C19H25N3O6S/c1-29(26,27)22-10-4-5-13-11-14(7-8-15(13)22)19(25)28-12-17(23)21-9-3-2-6-16(21)18(20)24/h7-8,11,16H,2-6,9-10,12H2,1H3,(H2,20,24)/t16-/m0/s1. The molecule has 2 amide bonds. The number of fused-ring (bicyclic) bond motifs is 1. The van der Waals surface area contributed by atoms with Crippen LogP contribution in [0.25, 0.3) is 0 Å². The largest absolute Gasteiger partial charge is 0.452 e. The monoisotopic (exact) mass is 423 g/mol. The van der Waals surface area contributed by atoms with Crippen LogP contribution in [0.5, 0.6) is 0 Å². The van der Waals surface area contributed by atoms with Gasteiger partial charge in [-0.2, -0.15) is 0 Å². The molecule has 2 heterocycles. The van der Waals surface area contributed by atoms with E-state index < -0.39 is 40.5 Å². The molecule has 2 aliphatic rings. The Hall–Kier alpha value is -2.62. The van der Waals surface area contributed by atoms with Gasteiger partial charge >= 0.3 is 5.97 Å². The van der Waals surface area contributed by atoms with E-state index in [1.807, 2.05) is 0 Å². The number of carbonyl (C=O) groups is 3. The molecule has 29 heavy (non-hydrogen) atoms. The van der Waals surface area contributed by atoms with Gasteiger partial charge in [0.1, 0.15) is 6.04 Å². The molecule has 0 bridgehead atoms. The van der Waals surface area contributed by atoms with E-state index in [-0.39, 0.29) is 5.56 Å². The number of benzene rings is 1. The molecule has 1 aromatic carbocycles. The van der Waals surface area contributed by atoms with Gasteiger partial charge in [-0.15, -0.1) is 0 Å². The van der Waals surface area contributed by atoms with Crippen molar-refractivity contribution in [1.29, 1.82) is 0 Å². The molecular weight excluding hydrogens is 398 g/mol. The molecule has 0 spiro atoms. The number of sulfonamides is 1.